The van der Waals surface area contributed by atoms with Gasteiger partial charge in [-0.05, 0) is 42.3 Å². The normalized spacial score (nSPS) is 9.47. The number of allylic oxidation sites excluding steroid dienone is 1. The molecule has 1 nitrogen and oxygen atoms in total. The summed E-state index contributed by atoms with van der Waals surface area (Å²) in [4.78, 5) is 0. The van der Waals surface area contributed by atoms with Crippen LogP contribution in [0.15, 0.2) is 66.9 Å². The number of benzene rings is 2. The second-order valence-corrected chi connectivity index (χ2v) is 3.74. The van der Waals surface area contributed by atoms with Crippen LogP contribution in [0.5, 0.6) is 11.5 Å². The fraction of sp³-hybridized carbons (Fsp3) is 0.0625. The van der Waals surface area contributed by atoms with Crippen molar-refractivity contribution in [1.82, 2.24) is 0 Å². The second-order valence-electron chi connectivity index (χ2n) is 3.74. The van der Waals surface area contributed by atoms with E-state index < -0.39 is 0 Å². The summed E-state index contributed by atoms with van der Waals surface area (Å²) in [6.45, 7) is 5.63. The molecule has 84 valence electrons. The molecule has 0 amide bonds. The Kier molecular flexibility index (Phi) is 3.44. The molecule has 17 heavy (non-hydrogen) atoms. The number of hydrogen-bond acceptors (Lipinski definition) is 1. The highest BCUT2D eigenvalue weighted by atomic mass is 16.5. The van der Waals surface area contributed by atoms with Crippen LogP contribution in [-0.2, 0) is 0 Å². The summed E-state index contributed by atoms with van der Waals surface area (Å²) < 4.78 is 5.75. The van der Waals surface area contributed by atoms with Gasteiger partial charge < -0.3 is 4.74 Å². The van der Waals surface area contributed by atoms with Gasteiger partial charge in [-0.3, -0.25) is 0 Å². The van der Waals surface area contributed by atoms with E-state index in [9.17, 15) is 0 Å². The highest BCUT2D eigenvalue weighted by molar-refractivity contribution is 5.64. The van der Waals surface area contributed by atoms with Crippen molar-refractivity contribution in [3.63, 3.8) is 0 Å². The molecule has 0 N–H and O–H groups in total. The lowest BCUT2D eigenvalue weighted by Gasteiger charge is -2.07. The molecule has 0 saturated heterocycles. The molecule has 0 saturated carbocycles. The van der Waals surface area contributed by atoms with Gasteiger partial charge in [-0.15, -0.1) is 5.73 Å². The van der Waals surface area contributed by atoms with Crippen LogP contribution in [0, 0.1) is 0 Å². The van der Waals surface area contributed by atoms with E-state index in [2.05, 4.69) is 12.3 Å². The van der Waals surface area contributed by atoms with Crippen molar-refractivity contribution in [2.24, 2.45) is 0 Å². The summed E-state index contributed by atoms with van der Waals surface area (Å²) in [5.41, 5.74) is 4.98. The van der Waals surface area contributed by atoms with Crippen molar-refractivity contribution in [1.29, 1.82) is 0 Å². The van der Waals surface area contributed by atoms with E-state index in [1.807, 2.05) is 61.5 Å². The van der Waals surface area contributed by atoms with Gasteiger partial charge in [0.15, 0.2) is 0 Å². The van der Waals surface area contributed by atoms with Crippen molar-refractivity contribution in [3.8, 4) is 11.5 Å². The van der Waals surface area contributed by atoms with Crippen LogP contribution >= 0.6 is 0 Å². The van der Waals surface area contributed by atoms with E-state index in [1.54, 1.807) is 0 Å². The molecule has 0 unspecified atom stereocenters. The Bertz CT molecular complexity index is 549. The summed E-state index contributed by atoms with van der Waals surface area (Å²) in [6, 6.07) is 17.6. The highest BCUT2D eigenvalue weighted by Gasteiger charge is 1.99. The van der Waals surface area contributed by atoms with Crippen LogP contribution in [0.3, 0.4) is 0 Å². The van der Waals surface area contributed by atoms with E-state index in [-0.39, 0.29) is 0 Å². The van der Waals surface area contributed by atoms with Gasteiger partial charge in [-0.1, -0.05) is 36.9 Å². The van der Waals surface area contributed by atoms with E-state index in [4.69, 9.17) is 4.74 Å². The summed E-state index contributed by atoms with van der Waals surface area (Å²) in [5, 5.41) is 0. The van der Waals surface area contributed by atoms with Gasteiger partial charge >= 0.3 is 0 Å². The van der Waals surface area contributed by atoms with Crippen molar-refractivity contribution in [3.05, 3.63) is 72.5 Å². The molecule has 0 atom stereocenters. The van der Waals surface area contributed by atoms with E-state index in [1.165, 1.54) is 0 Å². The Morgan fingerprint density at radius 1 is 1.00 bits per heavy atom. The third-order valence-corrected chi connectivity index (χ3v) is 2.51. The smallest absolute Gasteiger partial charge is 0.128 e. The first-order valence-corrected chi connectivity index (χ1v) is 5.49. The SMILES string of the molecule is C=C=C(C)c1cccc(Oc2ccccc2)c1. The van der Waals surface area contributed by atoms with Gasteiger partial charge in [0.05, 0.1) is 0 Å². The minimum atomic E-state index is 0.822. The predicted molar refractivity (Wildman–Crippen MR) is 71.2 cm³/mol. The predicted octanol–water partition coefficient (Wildman–Crippen LogP) is 4.67. The minimum absolute atomic E-state index is 0.822. The maximum atomic E-state index is 5.75. The lowest BCUT2D eigenvalue weighted by atomic mass is 10.1. The van der Waals surface area contributed by atoms with Crippen LogP contribution in [0.25, 0.3) is 5.57 Å². The number of ether oxygens (including phenoxy) is 1. The van der Waals surface area contributed by atoms with Gasteiger partial charge in [0.1, 0.15) is 11.5 Å². The molecule has 0 fully saturated rings. The number of hydrogen-bond donors (Lipinski definition) is 0. The van der Waals surface area contributed by atoms with Gasteiger partial charge in [0.25, 0.3) is 0 Å². The first-order valence-electron chi connectivity index (χ1n) is 5.49. The zero-order valence-corrected chi connectivity index (χ0v) is 9.81. The van der Waals surface area contributed by atoms with Crippen molar-refractivity contribution >= 4 is 5.57 Å². The molecule has 0 aliphatic carbocycles. The molecule has 0 aliphatic rings. The molecule has 1 heteroatoms. The summed E-state index contributed by atoms with van der Waals surface area (Å²) in [5.74, 6) is 1.66. The lowest BCUT2D eigenvalue weighted by Crippen LogP contribution is -1.85. The third kappa shape index (κ3) is 2.87. The van der Waals surface area contributed by atoms with Gasteiger partial charge in [-0.2, -0.15) is 0 Å². The van der Waals surface area contributed by atoms with Gasteiger partial charge in [-0.25, -0.2) is 0 Å². The van der Waals surface area contributed by atoms with Gasteiger partial charge in [0.2, 0.25) is 0 Å². The molecule has 0 heterocycles. The Balaban J connectivity index is 2.26. The lowest BCUT2D eigenvalue weighted by molar-refractivity contribution is 0.482. The second kappa shape index (κ2) is 5.20. The quantitative estimate of drug-likeness (QED) is 0.686. The van der Waals surface area contributed by atoms with Crippen LogP contribution < -0.4 is 4.74 Å². The Morgan fingerprint density at radius 2 is 1.71 bits per heavy atom. The maximum Gasteiger partial charge on any atom is 0.128 e. The molecule has 0 spiro atoms. The van der Waals surface area contributed by atoms with E-state index >= 15 is 0 Å². The molecule has 0 radical (unpaired) electrons. The molecule has 2 aromatic rings. The van der Waals surface area contributed by atoms with Crippen molar-refractivity contribution < 1.29 is 4.74 Å². The molecule has 0 aromatic heterocycles. The van der Waals surface area contributed by atoms with E-state index in [0.717, 1.165) is 22.6 Å². The highest BCUT2D eigenvalue weighted by Crippen LogP contribution is 2.24. The van der Waals surface area contributed by atoms with Crippen molar-refractivity contribution in [2.45, 2.75) is 6.92 Å². The molecule has 2 aromatic carbocycles. The minimum Gasteiger partial charge on any atom is -0.457 e. The van der Waals surface area contributed by atoms with Gasteiger partial charge in [0, 0.05) is 0 Å². The third-order valence-electron chi connectivity index (χ3n) is 2.51. The molecular weight excluding hydrogens is 208 g/mol. The fourth-order valence-corrected chi connectivity index (χ4v) is 1.52. The largest absolute Gasteiger partial charge is 0.457 e. The van der Waals surface area contributed by atoms with Crippen LogP contribution in [0.2, 0.25) is 0 Å². The Morgan fingerprint density at radius 3 is 2.41 bits per heavy atom. The summed E-state index contributed by atoms with van der Waals surface area (Å²) >= 11 is 0. The average Bonchev–Trinajstić information content (AvgIpc) is 2.39. The van der Waals surface area contributed by atoms with E-state index in [0.29, 0.717) is 0 Å². The number of para-hydroxylation sites is 1. The Hall–Kier alpha value is -2.24. The molecular formula is C16H14O. The summed E-state index contributed by atoms with van der Waals surface area (Å²) in [6.07, 6.45) is 0. The van der Waals surface area contributed by atoms with Crippen LogP contribution in [0.4, 0.5) is 0 Å². The topological polar surface area (TPSA) is 9.23 Å². The first kappa shape index (κ1) is 11.3. The average molecular weight is 222 g/mol. The molecule has 0 bridgehead atoms. The molecule has 2 rings (SSSR count). The molecule has 0 aliphatic heterocycles. The Labute approximate surface area is 102 Å². The zero-order chi connectivity index (χ0) is 12.1. The maximum absolute atomic E-state index is 5.75. The first-order chi connectivity index (χ1) is 8.29. The monoisotopic (exact) mass is 222 g/mol. The van der Waals surface area contributed by atoms with Crippen LogP contribution in [0.1, 0.15) is 12.5 Å². The zero-order valence-electron chi connectivity index (χ0n) is 9.81. The standard InChI is InChI=1S/C16H14O/c1-3-13(2)14-8-7-11-16(12-14)17-15-9-5-4-6-10-15/h4-12H,1H2,2H3. The fourth-order valence-electron chi connectivity index (χ4n) is 1.52. The van der Waals surface area contributed by atoms with Crippen molar-refractivity contribution in [2.75, 3.05) is 0 Å². The van der Waals surface area contributed by atoms with Crippen LogP contribution in [-0.4, -0.2) is 0 Å². The number of rotatable bonds is 3. The summed E-state index contributed by atoms with van der Waals surface area (Å²) in [7, 11) is 0.